The topological polar surface area (TPSA) is 49.4 Å². The van der Waals surface area contributed by atoms with Crippen LogP contribution in [0.4, 0.5) is 5.69 Å². The number of hydrogen-bond acceptors (Lipinski definition) is 2. The minimum absolute atomic E-state index is 0.0338. The van der Waals surface area contributed by atoms with E-state index in [4.69, 9.17) is 0 Å². The van der Waals surface area contributed by atoms with Crippen molar-refractivity contribution in [3.8, 4) is 0 Å². The summed E-state index contributed by atoms with van der Waals surface area (Å²) in [7, 11) is 0. The van der Waals surface area contributed by atoms with E-state index in [1.807, 2.05) is 29.2 Å². The third-order valence-electron chi connectivity index (χ3n) is 4.40. The molecule has 4 nitrogen and oxygen atoms in total. The highest BCUT2D eigenvalue weighted by Crippen LogP contribution is 2.23. The van der Waals surface area contributed by atoms with Gasteiger partial charge in [-0.15, -0.1) is 0 Å². The zero-order valence-electron chi connectivity index (χ0n) is 13.6. The summed E-state index contributed by atoms with van der Waals surface area (Å²) in [6.07, 6.45) is 5.85. The Morgan fingerprint density at radius 1 is 1.18 bits per heavy atom. The van der Waals surface area contributed by atoms with E-state index in [0.29, 0.717) is 19.0 Å². The number of anilines is 1. The fraction of sp³-hybridized carbons (Fsp3) is 0.556. The molecule has 120 valence electrons. The second kappa shape index (κ2) is 7.97. The SMILES string of the molecule is CCc1ccc(NC(=O)CCN(C(C)=O)C2CCCC2)cc1. The van der Waals surface area contributed by atoms with Crippen LogP contribution in [-0.2, 0) is 16.0 Å². The van der Waals surface area contributed by atoms with Gasteiger partial charge < -0.3 is 10.2 Å². The number of rotatable bonds is 6. The Kier molecular flexibility index (Phi) is 5.99. The molecule has 0 aromatic heterocycles. The van der Waals surface area contributed by atoms with Crippen LogP contribution in [-0.4, -0.2) is 29.3 Å². The Bertz CT molecular complexity index is 504. The molecule has 0 bridgehead atoms. The normalized spacial score (nSPS) is 14.8. The first kappa shape index (κ1) is 16.5. The van der Waals surface area contributed by atoms with E-state index in [0.717, 1.165) is 24.9 Å². The number of nitrogens with one attached hydrogen (secondary N) is 1. The van der Waals surface area contributed by atoms with Gasteiger partial charge in [0.05, 0.1) is 0 Å². The first-order chi connectivity index (χ1) is 10.6. The molecule has 1 aromatic rings. The van der Waals surface area contributed by atoms with Crippen molar-refractivity contribution in [2.75, 3.05) is 11.9 Å². The maximum atomic E-state index is 12.1. The Morgan fingerprint density at radius 2 is 1.82 bits per heavy atom. The van der Waals surface area contributed by atoms with E-state index < -0.39 is 0 Å². The van der Waals surface area contributed by atoms with Crippen LogP contribution in [0, 0.1) is 0 Å². The average molecular weight is 302 g/mol. The summed E-state index contributed by atoms with van der Waals surface area (Å²) >= 11 is 0. The maximum Gasteiger partial charge on any atom is 0.226 e. The molecule has 2 amide bonds. The highest BCUT2D eigenvalue weighted by atomic mass is 16.2. The van der Waals surface area contributed by atoms with Crippen molar-refractivity contribution in [1.82, 2.24) is 4.90 Å². The second-order valence-corrected chi connectivity index (χ2v) is 6.00. The van der Waals surface area contributed by atoms with E-state index in [-0.39, 0.29) is 11.8 Å². The molecule has 1 fully saturated rings. The lowest BCUT2D eigenvalue weighted by Crippen LogP contribution is -2.39. The highest BCUT2D eigenvalue weighted by molar-refractivity contribution is 5.91. The largest absolute Gasteiger partial charge is 0.339 e. The van der Waals surface area contributed by atoms with Crippen molar-refractivity contribution in [3.05, 3.63) is 29.8 Å². The van der Waals surface area contributed by atoms with Crippen LogP contribution in [0.25, 0.3) is 0 Å². The summed E-state index contributed by atoms with van der Waals surface area (Å²) in [5, 5.41) is 2.90. The molecule has 1 aliphatic rings. The molecule has 1 N–H and O–H groups in total. The lowest BCUT2D eigenvalue weighted by Gasteiger charge is -2.27. The van der Waals surface area contributed by atoms with Gasteiger partial charge in [0.1, 0.15) is 0 Å². The van der Waals surface area contributed by atoms with Crippen LogP contribution in [0.3, 0.4) is 0 Å². The molecule has 0 radical (unpaired) electrons. The summed E-state index contributed by atoms with van der Waals surface area (Å²) in [5.41, 5.74) is 2.07. The van der Waals surface area contributed by atoms with Gasteiger partial charge in [-0.1, -0.05) is 31.9 Å². The third kappa shape index (κ3) is 4.58. The van der Waals surface area contributed by atoms with Crippen LogP contribution < -0.4 is 5.32 Å². The van der Waals surface area contributed by atoms with E-state index in [2.05, 4.69) is 12.2 Å². The molecule has 1 saturated carbocycles. The molecule has 1 aromatic carbocycles. The number of amides is 2. The minimum atomic E-state index is -0.0338. The lowest BCUT2D eigenvalue weighted by molar-refractivity contribution is -0.131. The summed E-state index contributed by atoms with van der Waals surface area (Å²) in [6.45, 7) is 4.21. The van der Waals surface area contributed by atoms with Gasteiger partial charge in [0.2, 0.25) is 11.8 Å². The monoisotopic (exact) mass is 302 g/mol. The second-order valence-electron chi connectivity index (χ2n) is 6.00. The number of carbonyl (C=O) groups is 2. The van der Waals surface area contributed by atoms with Gasteiger partial charge in [-0.25, -0.2) is 0 Å². The predicted molar refractivity (Wildman–Crippen MR) is 88.7 cm³/mol. The summed E-state index contributed by atoms with van der Waals surface area (Å²) < 4.78 is 0. The molecule has 0 heterocycles. The van der Waals surface area contributed by atoms with Crippen molar-refractivity contribution in [2.24, 2.45) is 0 Å². The van der Waals surface area contributed by atoms with Gasteiger partial charge in [-0.3, -0.25) is 9.59 Å². The fourth-order valence-electron chi connectivity index (χ4n) is 3.08. The Hall–Kier alpha value is -1.84. The summed E-state index contributed by atoms with van der Waals surface area (Å²) in [5.74, 6) is 0.0421. The molecule has 0 atom stereocenters. The molecular formula is C18H26N2O2. The van der Waals surface area contributed by atoms with Crippen molar-refractivity contribution < 1.29 is 9.59 Å². The van der Waals surface area contributed by atoms with Crippen molar-refractivity contribution in [2.45, 2.75) is 58.4 Å². The molecule has 0 unspecified atom stereocenters. The van der Waals surface area contributed by atoms with Crippen LogP contribution in [0.2, 0.25) is 0 Å². The minimum Gasteiger partial charge on any atom is -0.339 e. The van der Waals surface area contributed by atoms with Gasteiger partial charge in [0, 0.05) is 31.6 Å². The number of nitrogens with zero attached hydrogens (tertiary/aromatic N) is 1. The standard InChI is InChI=1S/C18H26N2O2/c1-3-15-8-10-16(11-9-15)19-18(22)12-13-20(14(2)21)17-6-4-5-7-17/h8-11,17H,3-7,12-13H2,1-2H3,(H,19,22). The molecule has 22 heavy (non-hydrogen) atoms. The number of hydrogen-bond donors (Lipinski definition) is 1. The van der Waals surface area contributed by atoms with Gasteiger partial charge >= 0.3 is 0 Å². The average Bonchev–Trinajstić information content (AvgIpc) is 3.02. The van der Waals surface area contributed by atoms with E-state index in [9.17, 15) is 9.59 Å². The summed E-state index contributed by atoms with van der Waals surface area (Å²) in [6, 6.07) is 8.23. The molecule has 4 heteroatoms. The van der Waals surface area contributed by atoms with Crippen LogP contribution in [0.1, 0.15) is 51.5 Å². The molecule has 2 rings (SSSR count). The zero-order chi connectivity index (χ0) is 15.9. The van der Waals surface area contributed by atoms with Gasteiger partial charge in [0.25, 0.3) is 0 Å². The van der Waals surface area contributed by atoms with Gasteiger partial charge in [-0.05, 0) is 37.0 Å². The Labute approximate surface area is 132 Å². The zero-order valence-corrected chi connectivity index (χ0v) is 13.6. The van der Waals surface area contributed by atoms with Crippen molar-refractivity contribution in [1.29, 1.82) is 0 Å². The first-order valence-electron chi connectivity index (χ1n) is 8.26. The van der Waals surface area contributed by atoms with Gasteiger partial charge in [0.15, 0.2) is 0 Å². The summed E-state index contributed by atoms with van der Waals surface area (Å²) in [4.78, 5) is 25.7. The molecule has 0 spiro atoms. The van der Waals surface area contributed by atoms with Crippen LogP contribution in [0.5, 0.6) is 0 Å². The Morgan fingerprint density at radius 3 is 2.36 bits per heavy atom. The maximum absolute atomic E-state index is 12.1. The quantitative estimate of drug-likeness (QED) is 0.876. The number of carbonyl (C=O) groups excluding carboxylic acids is 2. The van der Waals surface area contributed by atoms with E-state index in [1.54, 1.807) is 6.92 Å². The van der Waals surface area contributed by atoms with Crippen LogP contribution in [0.15, 0.2) is 24.3 Å². The molecule has 1 aliphatic carbocycles. The van der Waals surface area contributed by atoms with Crippen molar-refractivity contribution in [3.63, 3.8) is 0 Å². The van der Waals surface area contributed by atoms with Gasteiger partial charge in [-0.2, -0.15) is 0 Å². The molecular weight excluding hydrogens is 276 g/mol. The molecule has 0 aliphatic heterocycles. The number of benzene rings is 1. The van der Waals surface area contributed by atoms with Crippen LogP contribution >= 0.6 is 0 Å². The van der Waals surface area contributed by atoms with E-state index >= 15 is 0 Å². The van der Waals surface area contributed by atoms with E-state index in [1.165, 1.54) is 18.4 Å². The van der Waals surface area contributed by atoms with Crippen molar-refractivity contribution >= 4 is 17.5 Å². The highest BCUT2D eigenvalue weighted by Gasteiger charge is 2.24. The first-order valence-corrected chi connectivity index (χ1v) is 8.26. The smallest absolute Gasteiger partial charge is 0.226 e. The third-order valence-corrected chi connectivity index (χ3v) is 4.40. The Balaban J connectivity index is 1.83. The fourth-order valence-corrected chi connectivity index (χ4v) is 3.08. The predicted octanol–water partition coefficient (Wildman–Crippen LogP) is 3.37. The molecule has 0 saturated heterocycles. The number of aryl methyl sites for hydroxylation is 1. The lowest BCUT2D eigenvalue weighted by atomic mass is 10.1.